The fourth-order valence-electron chi connectivity index (χ4n) is 4.37. The highest BCUT2D eigenvalue weighted by molar-refractivity contribution is 4.90. The number of hydrogen-bond acceptors (Lipinski definition) is 3. The summed E-state index contributed by atoms with van der Waals surface area (Å²) in [6.07, 6.45) is 11.0. The lowest BCUT2D eigenvalue weighted by atomic mass is 9.75. The first kappa shape index (κ1) is 17.2. The molecular weight excluding hydrogens is 260 g/mol. The van der Waals surface area contributed by atoms with E-state index in [0.717, 1.165) is 32.0 Å². The number of nitrogens with two attached hydrogens (primary N) is 1. The molecular formula is C18H36N2O. The molecule has 2 fully saturated rings. The third-order valence-electron chi connectivity index (χ3n) is 5.50. The smallest absolute Gasteiger partial charge is 0.0702 e. The first-order valence-electron chi connectivity index (χ1n) is 9.34. The first-order chi connectivity index (χ1) is 10.3. The molecule has 0 aromatic heterocycles. The fraction of sp³-hybridized carbons (Fsp3) is 1.00. The van der Waals surface area contributed by atoms with Crippen LogP contribution in [0.25, 0.3) is 0 Å². The molecule has 3 nitrogen and oxygen atoms in total. The van der Waals surface area contributed by atoms with Gasteiger partial charge in [-0.2, -0.15) is 0 Å². The van der Waals surface area contributed by atoms with Crippen LogP contribution in [0.3, 0.4) is 0 Å². The van der Waals surface area contributed by atoms with Crippen molar-refractivity contribution in [2.45, 2.75) is 77.4 Å². The van der Waals surface area contributed by atoms with Gasteiger partial charge < -0.3 is 10.5 Å². The van der Waals surface area contributed by atoms with Crippen LogP contribution in [-0.4, -0.2) is 43.3 Å². The minimum atomic E-state index is 0.462. The summed E-state index contributed by atoms with van der Waals surface area (Å²) in [5.41, 5.74) is 6.08. The van der Waals surface area contributed by atoms with Crippen molar-refractivity contribution in [1.29, 1.82) is 0 Å². The molecule has 1 saturated heterocycles. The zero-order valence-electron chi connectivity index (χ0n) is 14.2. The van der Waals surface area contributed by atoms with Gasteiger partial charge >= 0.3 is 0 Å². The highest BCUT2D eigenvalue weighted by Crippen LogP contribution is 2.35. The van der Waals surface area contributed by atoms with Crippen LogP contribution in [-0.2, 0) is 4.74 Å². The molecule has 2 aliphatic rings. The van der Waals surface area contributed by atoms with E-state index < -0.39 is 0 Å². The molecule has 0 amide bonds. The van der Waals surface area contributed by atoms with Gasteiger partial charge in [0.1, 0.15) is 0 Å². The van der Waals surface area contributed by atoms with Crippen LogP contribution in [0.5, 0.6) is 0 Å². The summed E-state index contributed by atoms with van der Waals surface area (Å²) in [6.45, 7) is 8.69. The maximum absolute atomic E-state index is 6.08. The van der Waals surface area contributed by atoms with Gasteiger partial charge in [-0.15, -0.1) is 0 Å². The normalized spacial score (nSPS) is 35.0. The van der Waals surface area contributed by atoms with Crippen molar-refractivity contribution in [2.24, 2.45) is 17.6 Å². The van der Waals surface area contributed by atoms with Crippen LogP contribution < -0.4 is 5.73 Å². The first-order valence-corrected chi connectivity index (χ1v) is 9.34. The van der Waals surface area contributed by atoms with Crippen molar-refractivity contribution in [3.05, 3.63) is 0 Å². The van der Waals surface area contributed by atoms with Gasteiger partial charge in [-0.05, 0) is 57.0 Å². The summed E-state index contributed by atoms with van der Waals surface area (Å²) < 4.78 is 6.02. The maximum atomic E-state index is 6.08. The standard InChI is InChI=1S/C18H36N2O/c1-3-6-15-8-9-16(13-19)18(12-15)20-10-5-7-17(14-20)21-11-4-2/h15-18H,3-14,19H2,1-2H3. The number of rotatable bonds is 7. The Labute approximate surface area is 131 Å². The molecule has 0 aromatic carbocycles. The maximum Gasteiger partial charge on any atom is 0.0702 e. The summed E-state index contributed by atoms with van der Waals surface area (Å²) >= 11 is 0. The average Bonchev–Trinajstić information content (AvgIpc) is 2.53. The molecule has 3 heteroatoms. The predicted octanol–water partition coefficient (Wildman–Crippen LogP) is 3.42. The van der Waals surface area contributed by atoms with Gasteiger partial charge in [0.15, 0.2) is 0 Å². The Kier molecular flexibility index (Phi) is 7.48. The minimum Gasteiger partial charge on any atom is -0.377 e. The lowest BCUT2D eigenvalue weighted by molar-refractivity contribution is -0.0314. The molecule has 1 heterocycles. The molecule has 2 N–H and O–H groups in total. The molecule has 124 valence electrons. The third-order valence-corrected chi connectivity index (χ3v) is 5.50. The SMILES string of the molecule is CCCOC1CCCN(C2CC(CCC)CCC2CN)C1. The Morgan fingerprint density at radius 2 is 2.00 bits per heavy atom. The molecule has 0 spiro atoms. The number of likely N-dealkylation sites (tertiary alicyclic amines) is 1. The molecule has 2 rings (SSSR count). The van der Waals surface area contributed by atoms with Crippen LogP contribution in [0.4, 0.5) is 0 Å². The van der Waals surface area contributed by atoms with E-state index in [0.29, 0.717) is 18.1 Å². The predicted molar refractivity (Wildman–Crippen MR) is 89.4 cm³/mol. The van der Waals surface area contributed by atoms with Crippen LogP contribution >= 0.6 is 0 Å². The lowest BCUT2D eigenvalue weighted by Gasteiger charge is -2.45. The quantitative estimate of drug-likeness (QED) is 0.782. The zero-order valence-corrected chi connectivity index (χ0v) is 14.2. The van der Waals surface area contributed by atoms with E-state index in [1.165, 1.54) is 51.5 Å². The molecule has 1 aliphatic carbocycles. The molecule has 1 saturated carbocycles. The minimum absolute atomic E-state index is 0.462. The van der Waals surface area contributed by atoms with Gasteiger partial charge in [0.25, 0.3) is 0 Å². The van der Waals surface area contributed by atoms with Crippen LogP contribution in [0.1, 0.15) is 65.2 Å². The van der Waals surface area contributed by atoms with Gasteiger partial charge in [0.2, 0.25) is 0 Å². The second-order valence-corrected chi connectivity index (χ2v) is 7.16. The van der Waals surface area contributed by atoms with Crippen LogP contribution in [0.15, 0.2) is 0 Å². The van der Waals surface area contributed by atoms with Gasteiger partial charge in [-0.1, -0.05) is 33.1 Å². The number of hydrogen-bond donors (Lipinski definition) is 1. The van der Waals surface area contributed by atoms with E-state index in [1.54, 1.807) is 0 Å². The van der Waals surface area contributed by atoms with Crippen molar-refractivity contribution in [3.8, 4) is 0 Å². The Balaban J connectivity index is 1.92. The Bertz CT molecular complexity index is 284. The number of nitrogens with zero attached hydrogens (tertiary/aromatic N) is 1. The monoisotopic (exact) mass is 296 g/mol. The molecule has 0 aromatic rings. The van der Waals surface area contributed by atoms with Crippen molar-refractivity contribution < 1.29 is 4.74 Å². The fourth-order valence-corrected chi connectivity index (χ4v) is 4.37. The van der Waals surface area contributed by atoms with E-state index in [9.17, 15) is 0 Å². The van der Waals surface area contributed by atoms with E-state index >= 15 is 0 Å². The second kappa shape index (κ2) is 9.12. The van der Waals surface area contributed by atoms with Gasteiger partial charge in [-0.25, -0.2) is 0 Å². The van der Waals surface area contributed by atoms with E-state index in [2.05, 4.69) is 18.7 Å². The third kappa shape index (κ3) is 4.94. The molecule has 1 aliphatic heterocycles. The van der Waals surface area contributed by atoms with E-state index in [4.69, 9.17) is 10.5 Å². The van der Waals surface area contributed by atoms with Crippen LogP contribution in [0.2, 0.25) is 0 Å². The Morgan fingerprint density at radius 3 is 2.71 bits per heavy atom. The molecule has 0 radical (unpaired) electrons. The summed E-state index contributed by atoms with van der Waals surface area (Å²) in [5, 5.41) is 0. The number of ether oxygens (including phenoxy) is 1. The average molecular weight is 296 g/mol. The largest absolute Gasteiger partial charge is 0.377 e. The van der Waals surface area contributed by atoms with Gasteiger partial charge in [-0.3, -0.25) is 4.90 Å². The molecule has 4 unspecified atom stereocenters. The van der Waals surface area contributed by atoms with Gasteiger partial charge in [0.05, 0.1) is 6.10 Å². The zero-order chi connectivity index (χ0) is 15.1. The van der Waals surface area contributed by atoms with Gasteiger partial charge in [0, 0.05) is 19.2 Å². The van der Waals surface area contributed by atoms with Crippen molar-refractivity contribution in [2.75, 3.05) is 26.2 Å². The number of piperidine rings is 1. The summed E-state index contributed by atoms with van der Waals surface area (Å²) in [7, 11) is 0. The Morgan fingerprint density at radius 1 is 1.14 bits per heavy atom. The summed E-state index contributed by atoms with van der Waals surface area (Å²) in [6, 6.07) is 0.716. The summed E-state index contributed by atoms with van der Waals surface area (Å²) in [5.74, 6) is 1.64. The highest BCUT2D eigenvalue weighted by Gasteiger charge is 2.35. The second-order valence-electron chi connectivity index (χ2n) is 7.16. The van der Waals surface area contributed by atoms with E-state index in [-0.39, 0.29) is 0 Å². The molecule has 21 heavy (non-hydrogen) atoms. The topological polar surface area (TPSA) is 38.5 Å². The summed E-state index contributed by atoms with van der Waals surface area (Å²) in [4.78, 5) is 2.73. The lowest BCUT2D eigenvalue weighted by Crippen LogP contribution is -2.52. The van der Waals surface area contributed by atoms with Crippen LogP contribution in [0, 0.1) is 11.8 Å². The molecule has 0 bridgehead atoms. The Hall–Kier alpha value is -0.120. The van der Waals surface area contributed by atoms with Crippen molar-refractivity contribution in [1.82, 2.24) is 4.90 Å². The molecule has 4 atom stereocenters. The van der Waals surface area contributed by atoms with Crippen molar-refractivity contribution >= 4 is 0 Å². The van der Waals surface area contributed by atoms with Crippen molar-refractivity contribution in [3.63, 3.8) is 0 Å². The highest BCUT2D eigenvalue weighted by atomic mass is 16.5. The van der Waals surface area contributed by atoms with E-state index in [1.807, 2.05) is 0 Å².